The molecule has 2 bridgehead atoms. The van der Waals surface area contributed by atoms with Crippen LogP contribution in [-0.4, -0.2) is 39.0 Å². The van der Waals surface area contributed by atoms with Gasteiger partial charge in [0.05, 0.1) is 30.5 Å². The van der Waals surface area contributed by atoms with E-state index in [9.17, 15) is 9.50 Å². The molecule has 0 unspecified atom stereocenters. The van der Waals surface area contributed by atoms with Gasteiger partial charge in [0, 0.05) is 17.5 Å². The summed E-state index contributed by atoms with van der Waals surface area (Å²) in [5.41, 5.74) is 2.61. The summed E-state index contributed by atoms with van der Waals surface area (Å²) in [6.07, 6.45) is 3.46. The van der Waals surface area contributed by atoms with Crippen molar-refractivity contribution in [3.05, 3.63) is 60.2 Å². The highest BCUT2D eigenvalue weighted by Crippen LogP contribution is 2.29. The number of ether oxygens (including phenoxy) is 1. The minimum absolute atomic E-state index is 0.152. The fourth-order valence-corrected chi connectivity index (χ4v) is 3.11. The molecule has 0 spiro atoms. The average Bonchev–Trinajstić information content (AvgIpc) is 3.08. The molecule has 0 fully saturated rings. The summed E-state index contributed by atoms with van der Waals surface area (Å²) in [5.74, 6) is 0.824. The van der Waals surface area contributed by atoms with Gasteiger partial charge in [-0.25, -0.2) is 13.9 Å². The van der Waals surface area contributed by atoms with Gasteiger partial charge in [-0.3, -0.25) is 0 Å². The van der Waals surface area contributed by atoms with Crippen LogP contribution >= 0.6 is 0 Å². The number of nitrogens with zero attached hydrogens (tertiary/aromatic N) is 3. The quantitative estimate of drug-likeness (QED) is 0.611. The smallest absolute Gasteiger partial charge is 0.166 e. The van der Waals surface area contributed by atoms with Crippen LogP contribution in [0.2, 0.25) is 0 Å². The second kappa shape index (κ2) is 6.88. The Kier molecular flexibility index (Phi) is 4.41. The van der Waals surface area contributed by atoms with Crippen LogP contribution in [0.4, 0.5) is 10.2 Å². The van der Waals surface area contributed by atoms with Gasteiger partial charge in [0.2, 0.25) is 0 Å². The first kappa shape index (κ1) is 17.3. The molecule has 3 N–H and O–H groups in total. The molecule has 3 aromatic rings. The zero-order chi connectivity index (χ0) is 19.0. The molecular weight excluding hydrogens is 349 g/mol. The van der Waals surface area contributed by atoms with E-state index in [0.717, 1.165) is 5.56 Å². The maximum atomic E-state index is 13.8. The number of anilines is 1. The summed E-state index contributed by atoms with van der Waals surface area (Å²) >= 11 is 0. The third kappa shape index (κ3) is 3.31. The van der Waals surface area contributed by atoms with Crippen LogP contribution in [0.15, 0.2) is 43.2 Å². The molecule has 1 aliphatic rings. The Morgan fingerprint density at radius 3 is 3.04 bits per heavy atom. The second-order valence-electron chi connectivity index (χ2n) is 6.50. The molecule has 0 saturated heterocycles. The third-order valence-electron chi connectivity index (χ3n) is 4.54. The average molecular weight is 369 g/mol. The molecule has 2 atom stereocenters. The first-order valence-electron chi connectivity index (χ1n) is 8.65. The van der Waals surface area contributed by atoms with Crippen LogP contribution in [0, 0.1) is 5.82 Å². The van der Waals surface area contributed by atoms with Crippen molar-refractivity contribution in [1.29, 1.82) is 0 Å². The Hall–Kier alpha value is -3.13. The molecule has 3 heterocycles. The molecule has 0 amide bonds. The van der Waals surface area contributed by atoms with E-state index in [0.29, 0.717) is 28.5 Å². The van der Waals surface area contributed by atoms with E-state index in [1.165, 1.54) is 12.1 Å². The van der Waals surface area contributed by atoms with Gasteiger partial charge in [-0.1, -0.05) is 6.58 Å². The first-order valence-corrected chi connectivity index (χ1v) is 8.65. The fraction of sp³-hybridized carbons (Fsp3) is 0.263. The molecule has 0 radical (unpaired) electrons. The summed E-state index contributed by atoms with van der Waals surface area (Å²) in [5, 5.41) is 20.4. The zero-order valence-electron chi connectivity index (χ0n) is 14.8. The van der Waals surface area contributed by atoms with Crippen molar-refractivity contribution in [1.82, 2.24) is 19.9 Å². The van der Waals surface area contributed by atoms with Crippen LogP contribution in [0.3, 0.4) is 0 Å². The highest BCUT2D eigenvalue weighted by molar-refractivity contribution is 5.74. The third-order valence-corrected chi connectivity index (χ3v) is 4.54. The lowest BCUT2D eigenvalue weighted by atomic mass is 10.1. The highest BCUT2D eigenvalue weighted by atomic mass is 19.1. The van der Waals surface area contributed by atoms with E-state index < -0.39 is 6.04 Å². The molecule has 4 rings (SSSR count). The van der Waals surface area contributed by atoms with Crippen LogP contribution in [0.5, 0.6) is 5.75 Å². The normalized spacial score (nSPS) is 19.9. The highest BCUT2D eigenvalue weighted by Gasteiger charge is 2.19. The van der Waals surface area contributed by atoms with Gasteiger partial charge in [-0.2, -0.15) is 5.10 Å². The largest absolute Gasteiger partial charge is 0.491 e. The summed E-state index contributed by atoms with van der Waals surface area (Å²) in [6, 6.07) is 5.55. The molecule has 7 nitrogen and oxygen atoms in total. The Labute approximate surface area is 155 Å². The molecule has 8 heteroatoms. The molecule has 27 heavy (non-hydrogen) atoms. The second-order valence-corrected chi connectivity index (χ2v) is 6.50. The van der Waals surface area contributed by atoms with Crippen molar-refractivity contribution in [3.8, 4) is 5.75 Å². The number of hydrogen-bond acceptors (Lipinski definition) is 6. The molecule has 0 saturated carbocycles. The number of nitrogens with one attached hydrogen (secondary N) is 2. The Morgan fingerprint density at radius 1 is 1.37 bits per heavy atom. The SMILES string of the molecule is C=C1N[C@H](CO)COc2ccc(F)cc2[C@@H](C)Nc2ccn3ncc1c3n2. The van der Waals surface area contributed by atoms with Gasteiger partial charge in [-0.05, 0) is 31.2 Å². The summed E-state index contributed by atoms with van der Waals surface area (Å²) in [6.45, 7) is 5.99. The molecule has 1 aliphatic heterocycles. The van der Waals surface area contributed by atoms with Crippen molar-refractivity contribution in [2.45, 2.75) is 19.0 Å². The maximum absolute atomic E-state index is 13.8. The first-order chi connectivity index (χ1) is 13.0. The topological polar surface area (TPSA) is 83.7 Å². The van der Waals surface area contributed by atoms with Gasteiger partial charge < -0.3 is 20.5 Å². The van der Waals surface area contributed by atoms with Crippen LogP contribution < -0.4 is 15.4 Å². The predicted molar refractivity (Wildman–Crippen MR) is 100.0 cm³/mol. The maximum Gasteiger partial charge on any atom is 0.166 e. The van der Waals surface area contributed by atoms with E-state index in [1.54, 1.807) is 29.0 Å². The molecule has 0 aliphatic carbocycles. The minimum Gasteiger partial charge on any atom is -0.491 e. The van der Waals surface area contributed by atoms with Gasteiger partial charge in [0.1, 0.15) is 24.0 Å². The van der Waals surface area contributed by atoms with Crippen molar-refractivity contribution < 1.29 is 14.2 Å². The van der Waals surface area contributed by atoms with Crippen LogP contribution in [0.1, 0.15) is 24.1 Å². The number of aromatic nitrogens is 3. The lowest BCUT2D eigenvalue weighted by molar-refractivity contribution is 0.193. The van der Waals surface area contributed by atoms with E-state index >= 15 is 0 Å². The number of aliphatic hydroxyl groups is 1. The van der Waals surface area contributed by atoms with E-state index in [2.05, 4.69) is 27.3 Å². The van der Waals surface area contributed by atoms with Gasteiger partial charge in [-0.15, -0.1) is 0 Å². The molecule has 140 valence electrons. The van der Waals surface area contributed by atoms with Crippen LogP contribution in [-0.2, 0) is 0 Å². The number of halogens is 1. The summed E-state index contributed by atoms with van der Waals surface area (Å²) < 4.78 is 21.4. The zero-order valence-corrected chi connectivity index (χ0v) is 14.8. The van der Waals surface area contributed by atoms with Gasteiger partial charge in [0.25, 0.3) is 0 Å². The lowest BCUT2D eigenvalue weighted by Crippen LogP contribution is -2.36. The predicted octanol–water partition coefficient (Wildman–Crippen LogP) is 2.36. The number of hydrogen-bond donors (Lipinski definition) is 3. The van der Waals surface area contributed by atoms with Crippen molar-refractivity contribution in [2.75, 3.05) is 18.5 Å². The van der Waals surface area contributed by atoms with E-state index in [1.807, 2.05) is 6.92 Å². The lowest BCUT2D eigenvalue weighted by Gasteiger charge is -2.22. The Morgan fingerprint density at radius 2 is 2.22 bits per heavy atom. The van der Waals surface area contributed by atoms with Crippen molar-refractivity contribution in [2.24, 2.45) is 0 Å². The van der Waals surface area contributed by atoms with E-state index in [-0.39, 0.29) is 25.1 Å². The number of aliphatic hydroxyl groups excluding tert-OH is 1. The standard InChI is InChI=1S/C19H20FN5O2/c1-11-15-7-13(20)3-4-17(15)27-10-14(9-26)22-12(2)16-8-21-25-6-5-18(23-11)24-19(16)25/h3-8,11,14,22,26H,2,9-10H2,1H3,(H,23,24)/t11-,14-/m1/s1. The fourth-order valence-electron chi connectivity index (χ4n) is 3.11. The summed E-state index contributed by atoms with van der Waals surface area (Å²) in [4.78, 5) is 4.62. The Balaban J connectivity index is 1.82. The molecular formula is C19H20FN5O2. The number of fused-ring (bicyclic) bond motifs is 2. The number of rotatable bonds is 1. The Bertz CT molecular complexity index is 1000. The van der Waals surface area contributed by atoms with Crippen molar-refractivity contribution in [3.63, 3.8) is 0 Å². The van der Waals surface area contributed by atoms with Crippen molar-refractivity contribution >= 4 is 17.2 Å². The summed E-state index contributed by atoms with van der Waals surface area (Å²) in [7, 11) is 0. The van der Waals surface area contributed by atoms with Gasteiger partial charge >= 0.3 is 0 Å². The number of benzene rings is 1. The monoisotopic (exact) mass is 369 g/mol. The molecule has 2 aromatic heterocycles. The van der Waals surface area contributed by atoms with E-state index in [4.69, 9.17) is 4.74 Å². The van der Waals surface area contributed by atoms with Gasteiger partial charge in [0.15, 0.2) is 5.65 Å². The van der Waals surface area contributed by atoms with Crippen LogP contribution in [0.25, 0.3) is 11.3 Å². The molecule has 1 aromatic carbocycles. The minimum atomic E-state index is -0.391.